The molecule has 1 aliphatic rings. The summed E-state index contributed by atoms with van der Waals surface area (Å²) >= 11 is 0. The standard InChI is InChI=1S/C20H21N3O6S/c24-18(12-21-30(28,29)16-9-5-2-6-10-16)23-13-15(11-17(23)20(26)27)22-19(25)14-7-3-1-4-8-14/h1-10,15,17,21H,11-13H2,(H,22,25)(H,26,27). The first-order chi connectivity index (χ1) is 14.3. The Balaban J connectivity index is 1.64. The van der Waals surface area contributed by atoms with Gasteiger partial charge in [-0.2, -0.15) is 0 Å². The summed E-state index contributed by atoms with van der Waals surface area (Å²) in [6.07, 6.45) is 0.0328. The van der Waals surface area contributed by atoms with Crippen LogP contribution in [-0.2, 0) is 19.6 Å². The van der Waals surface area contributed by atoms with Gasteiger partial charge in [-0.05, 0) is 24.3 Å². The summed E-state index contributed by atoms with van der Waals surface area (Å²) in [6, 6.07) is 14.3. The Morgan fingerprint density at radius 1 is 1.00 bits per heavy atom. The summed E-state index contributed by atoms with van der Waals surface area (Å²) in [5.74, 6) is -2.27. The molecule has 2 atom stereocenters. The number of likely N-dealkylation sites (tertiary alicyclic amines) is 1. The van der Waals surface area contributed by atoms with Crippen molar-refractivity contribution in [1.29, 1.82) is 0 Å². The van der Waals surface area contributed by atoms with E-state index >= 15 is 0 Å². The molecule has 1 saturated heterocycles. The van der Waals surface area contributed by atoms with E-state index in [1.54, 1.807) is 48.5 Å². The Bertz CT molecular complexity index is 1030. The number of carbonyl (C=O) groups is 3. The van der Waals surface area contributed by atoms with Crippen molar-refractivity contribution in [3.05, 3.63) is 66.2 Å². The van der Waals surface area contributed by atoms with Gasteiger partial charge < -0.3 is 15.3 Å². The van der Waals surface area contributed by atoms with Gasteiger partial charge >= 0.3 is 5.97 Å². The Kier molecular flexibility index (Phi) is 6.48. The predicted molar refractivity (Wildman–Crippen MR) is 107 cm³/mol. The molecule has 0 spiro atoms. The second kappa shape index (κ2) is 9.06. The third kappa shape index (κ3) is 5.02. The minimum atomic E-state index is -3.91. The molecular formula is C20H21N3O6S. The van der Waals surface area contributed by atoms with E-state index in [0.717, 1.165) is 4.90 Å². The second-order valence-electron chi connectivity index (χ2n) is 6.81. The molecule has 0 bridgehead atoms. The number of amides is 2. The highest BCUT2D eigenvalue weighted by Gasteiger charge is 2.40. The number of hydrogen-bond acceptors (Lipinski definition) is 5. The van der Waals surface area contributed by atoms with Crippen molar-refractivity contribution in [1.82, 2.24) is 14.9 Å². The van der Waals surface area contributed by atoms with Crippen molar-refractivity contribution < 1.29 is 27.9 Å². The van der Waals surface area contributed by atoms with Gasteiger partial charge in [-0.3, -0.25) is 9.59 Å². The largest absolute Gasteiger partial charge is 0.480 e. The van der Waals surface area contributed by atoms with Crippen LogP contribution in [0.1, 0.15) is 16.8 Å². The minimum absolute atomic E-state index is 0.00186. The molecule has 3 N–H and O–H groups in total. The molecule has 3 rings (SSSR count). The summed E-state index contributed by atoms with van der Waals surface area (Å²) in [5, 5.41) is 12.2. The predicted octanol–water partition coefficient (Wildman–Crippen LogP) is 0.449. The number of sulfonamides is 1. The number of rotatable bonds is 7. The lowest BCUT2D eigenvalue weighted by Gasteiger charge is -2.21. The number of aliphatic carboxylic acids is 1. The summed E-state index contributed by atoms with van der Waals surface area (Å²) in [5.41, 5.74) is 0.421. The van der Waals surface area contributed by atoms with Crippen LogP contribution in [-0.4, -0.2) is 61.4 Å². The molecular weight excluding hydrogens is 410 g/mol. The summed E-state index contributed by atoms with van der Waals surface area (Å²) in [7, 11) is -3.91. The number of carboxylic acids is 1. The first-order valence-electron chi connectivity index (χ1n) is 9.21. The molecule has 0 saturated carbocycles. The molecule has 2 amide bonds. The topological polar surface area (TPSA) is 133 Å². The monoisotopic (exact) mass is 431 g/mol. The highest BCUT2D eigenvalue weighted by atomic mass is 32.2. The molecule has 2 aromatic carbocycles. The van der Waals surface area contributed by atoms with Crippen molar-refractivity contribution in [2.45, 2.75) is 23.4 Å². The fraction of sp³-hybridized carbons (Fsp3) is 0.250. The van der Waals surface area contributed by atoms with Gasteiger partial charge in [-0.25, -0.2) is 17.9 Å². The number of benzene rings is 2. The Labute approximate surface area is 173 Å². The SMILES string of the molecule is O=C(NC1CC(C(=O)O)N(C(=O)CNS(=O)(=O)c2ccccc2)C1)c1ccccc1. The van der Waals surface area contributed by atoms with Crippen LogP contribution in [0.4, 0.5) is 0 Å². The maximum atomic E-state index is 12.6. The van der Waals surface area contributed by atoms with Gasteiger partial charge in [-0.15, -0.1) is 0 Å². The van der Waals surface area contributed by atoms with Crippen molar-refractivity contribution in [2.75, 3.05) is 13.1 Å². The van der Waals surface area contributed by atoms with Crippen LogP contribution in [0.25, 0.3) is 0 Å². The third-order valence-electron chi connectivity index (χ3n) is 4.74. The maximum Gasteiger partial charge on any atom is 0.326 e. The average Bonchev–Trinajstić information content (AvgIpc) is 3.17. The Hall–Kier alpha value is -3.24. The quantitative estimate of drug-likeness (QED) is 0.583. The smallest absolute Gasteiger partial charge is 0.326 e. The van der Waals surface area contributed by atoms with E-state index in [1.807, 2.05) is 0 Å². The molecule has 1 aliphatic heterocycles. The average molecular weight is 431 g/mol. The van der Waals surface area contributed by atoms with Gasteiger partial charge in [0.1, 0.15) is 6.04 Å². The van der Waals surface area contributed by atoms with E-state index in [1.165, 1.54) is 12.1 Å². The summed E-state index contributed by atoms with van der Waals surface area (Å²) in [6.45, 7) is -0.609. The van der Waals surface area contributed by atoms with Crippen molar-refractivity contribution in [2.24, 2.45) is 0 Å². The molecule has 0 radical (unpaired) electrons. The van der Waals surface area contributed by atoms with Crippen LogP contribution in [0.5, 0.6) is 0 Å². The number of hydrogen-bond donors (Lipinski definition) is 3. The van der Waals surface area contributed by atoms with Crippen LogP contribution in [0, 0.1) is 0 Å². The van der Waals surface area contributed by atoms with Crippen molar-refractivity contribution in [3.63, 3.8) is 0 Å². The molecule has 0 aromatic heterocycles. The summed E-state index contributed by atoms with van der Waals surface area (Å²) < 4.78 is 26.8. The van der Waals surface area contributed by atoms with Crippen LogP contribution in [0.3, 0.4) is 0 Å². The molecule has 30 heavy (non-hydrogen) atoms. The molecule has 2 aromatic rings. The van der Waals surface area contributed by atoms with Gasteiger partial charge in [0.2, 0.25) is 15.9 Å². The van der Waals surface area contributed by atoms with Crippen LogP contribution >= 0.6 is 0 Å². The van der Waals surface area contributed by atoms with Gasteiger partial charge in [0.15, 0.2) is 0 Å². The molecule has 1 fully saturated rings. The fourth-order valence-corrected chi connectivity index (χ4v) is 4.25. The lowest BCUT2D eigenvalue weighted by molar-refractivity contribution is -0.147. The van der Waals surface area contributed by atoms with Crippen molar-refractivity contribution in [3.8, 4) is 0 Å². The zero-order chi connectivity index (χ0) is 21.7. The lowest BCUT2D eigenvalue weighted by atomic mass is 10.1. The highest BCUT2D eigenvalue weighted by Crippen LogP contribution is 2.19. The summed E-state index contributed by atoms with van der Waals surface area (Å²) in [4.78, 5) is 37.5. The zero-order valence-electron chi connectivity index (χ0n) is 15.9. The molecule has 10 heteroatoms. The number of nitrogens with one attached hydrogen (secondary N) is 2. The molecule has 2 unspecified atom stereocenters. The minimum Gasteiger partial charge on any atom is -0.480 e. The van der Waals surface area contributed by atoms with E-state index in [-0.39, 0.29) is 23.8 Å². The van der Waals surface area contributed by atoms with Gasteiger partial charge in [0.25, 0.3) is 5.91 Å². The van der Waals surface area contributed by atoms with Crippen LogP contribution < -0.4 is 10.0 Å². The second-order valence-corrected chi connectivity index (χ2v) is 8.58. The van der Waals surface area contributed by atoms with E-state index < -0.39 is 40.5 Å². The highest BCUT2D eigenvalue weighted by molar-refractivity contribution is 7.89. The number of carboxylic acid groups (broad SMARTS) is 1. The van der Waals surface area contributed by atoms with Crippen LogP contribution in [0.15, 0.2) is 65.6 Å². The maximum absolute atomic E-state index is 12.6. The number of carbonyl (C=O) groups excluding carboxylic acids is 2. The molecule has 9 nitrogen and oxygen atoms in total. The molecule has 1 heterocycles. The van der Waals surface area contributed by atoms with Gasteiger partial charge in [-0.1, -0.05) is 36.4 Å². The van der Waals surface area contributed by atoms with Crippen molar-refractivity contribution >= 4 is 27.8 Å². The van der Waals surface area contributed by atoms with Crippen LogP contribution in [0.2, 0.25) is 0 Å². The third-order valence-corrected chi connectivity index (χ3v) is 6.16. The first-order valence-corrected chi connectivity index (χ1v) is 10.7. The Morgan fingerprint density at radius 2 is 1.60 bits per heavy atom. The zero-order valence-corrected chi connectivity index (χ0v) is 16.7. The Morgan fingerprint density at radius 3 is 2.20 bits per heavy atom. The lowest BCUT2D eigenvalue weighted by Crippen LogP contribution is -2.46. The molecule has 0 aliphatic carbocycles. The number of nitrogens with zero attached hydrogens (tertiary/aromatic N) is 1. The van der Waals surface area contributed by atoms with E-state index in [9.17, 15) is 27.9 Å². The van der Waals surface area contributed by atoms with E-state index in [2.05, 4.69) is 10.0 Å². The van der Waals surface area contributed by atoms with Gasteiger partial charge in [0, 0.05) is 24.6 Å². The fourth-order valence-electron chi connectivity index (χ4n) is 3.25. The first kappa shape index (κ1) is 21.5. The van der Waals surface area contributed by atoms with Gasteiger partial charge in [0.05, 0.1) is 11.4 Å². The van der Waals surface area contributed by atoms with E-state index in [0.29, 0.717) is 5.56 Å². The van der Waals surface area contributed by atoms with E-state index in [4.69, 9.17) is 0 Å². The molecule has 158 valence electrons. The normalized spacial score (nSPS) is 18.7.